The third-order valence-corrected chi connectivity index (χ3v) is 3.38. The lowest BCUT2D eigenvalue weighted by molar-refractivity contribution is 0.0963. The van der Waals surface area contributed by atoms with Gasteiger partial charge >= 0.3 is 0 Å². The van der Waals surface area contributed by atoms with Crippen LogP contribution in [-0.2, 0) is 4.74 Å². The first-order valence-electron chi connectivity index (χ1n) is 6.80. The topological polar surface area (TPSA) is 63.2 Å². The molecule has 0 radical (unpaired) electrons. The molecule has 2 N–H and O–H groups in total. The van der Waals surface area contributed by atoms with Gasteiger partial charge in [0.25, 0.3) is 5.91 Å². The number of pyridine rings is 1. The number of hydrogen-bond acceptors (Lipinski definition) is 4. The van der Waals surface area contributed by atoms with E-state index in [4.69, 9.17) is 4.74 Å². The van der Waals surface area contributed by atoms with Crippen LogP contribution in [0.2, 0.25) is 0 Å². The van der Waals surface area contributed by atoms with Crippen molar-refractivity contribution in [3.8, 4) is 0 Å². The van der Waals surface area contributed by atoms with Gasteiger partial charge in [-0.15, -0.1) is 0 Å². The second kappa shape index (κ2) is 7.09. The molecule has 1 aromatic heterocycles. The highest BCUT2D eigenvalue weighted by Crippen LogP contribution is 2.18. The van der Waals surface area contributed by atoms with Crippen molar-refractivity contribution in [1.29, 1.82) is 0 Å². The normalized spacial score (nSPS) is 18.3. The first-order valence-corrected chi connectivity index (χ1v) is 6.80. The molecule has 1 amide bonds. The molecule has 2 heterocycles. The van der Waals surface area contributed by atoms with Crippen molar-refractivity contribution in [3.63, 3.8) is 0 Å². The summed E-state index contributed by atoms with van der Waals surface area (Å²) in [4.78, 5) is 15.9. The van der Waals surface area contributed by atoms with Crippen LogP contribution < -0.4 is 10.6 Å². The summed E-state index contributed by atoms with van der Waals surface area (Å²) in [5, 5.41) is 5.86. The number of rotatable bonds is 6. The summed E-state index contributed by atoms with van der Waals surface area (Å²) in [6.45, 7) is 2.63. The Morgan fingerprint density at radius 2 is 2.47 bits per heavy atom. The average Bonchev–Trinajstić information content (AvgIpc) is 2.96. The average molecular weight is 263 g/mol. The van der Waals surface area contributed by atoms with E-state index in [9.17, 15) is 4.79 Å². The Morgan fingerprint density at radius 3 is 3.21 bits per heavy atom. The highest BCUT2D eigenvalue weighted by atomic mass is 16.5. The number of nitrogens with one attached hydrogen (secondary N) is 2. The summed E-state index contributed by atoms with van der Waals surface area (Å²) < 4.78 is 5.35. The van der Waals surface area contributed by atoms with Crippen LogP contribution in [0.15, 0.2) is 18.3 Å². The molecule has 2 rings (SSSR count). The van der Waals surface area contributed by atoms with E-state index in [1.54, 1.807) is 25.4 Å². The first kappa shape index (κ1) is 13.8. The van der Waals surface area contributed by atoms with Gasteiger partial charge in [-0.1, -0.05) is 0 Å². The fourth-order valence-electron chi connectivity index (χ4n) is 2.27. The van der Waals surface area contributed by atoms with E-state index in [1.807, 2.05) is 0 Å². The molecule has 1 atom stereocenters. The molecule has 19 heavy (non-hydrogen) atoms. The molecule has 0 saturated carbocycles. The van der Waals surface area contributed by atoms with Gasteiger partial charge in [-0.3, -0.25) is 4.79 Å². The van der Waals surface area contributed by atoms with Gasteiger partial charge in [0.2, 0.25) is 0 Å². The lowest BCUT2D eigenvalue weighted by Gasteiger charge is -2.11. The molecule has 1 aliphatic rings. The summed E-state index contributed by atoms with van der Waals surface area (Å²) in [6, 6.07) is 3.55. The largest absolute Gasteiger partial charge is 0.381 e. The van der Waals surface area contributed by atoms with Crippen molar-refractivity contribution in [1.82, 2.24) is 10.3 Å². The van der Waals surface area contributed by atoms with Gasteiger partial charge in [0.15, 0.2) is 0 Å². The van der Waals surface area contributed by atoms with Crippen LogP contribution in [0.25, 0.3) is 0 Å². The Hall–Kier alpha value is -1.62. The van der Waals surface area contributed by atoms with Crippen molar-refractivity contribution in [2.24, 2.45) is 5.92 Å². The van der Waals surface area contributed by atoms with Gasteiger partial charge < -0.3 is 15.4 Å². The predicted octanol–water partition coefficient (Wildman–Crippen LogP) is 1.67. The molecule has 1 aromatic rings. The molecule has 1 fully saturated rings. The number of nitrogens with zero attached hydrogens (tertiary/aromatic N) is 1. The number of ether oxygens (including phenoxy) is 1. The Kier molecular flexibility index (Phi) is 5.15. The van der Waals surface area contributed by atoms with E-state index in [0.29, 0.717) is 17.3 Å². The van der Waals surface area contributed by atoms with E-state index < -0.39 is 0 Å². The third kappa shape index (κ3) is 3.92. The van der Waals surface area contributed by atoms with E-state index in [-0.39, 0.29) is 5.91 Å². The maximum absolute atomic E-state index is 11.7. The van der Waals surface area contributed by atoms with E-state index in [0.717, 1.165) is 32.6 Å². The molecule has 1 saturated heterocycles. The van der Waals surface area contributed by atoms with Crippen LogP contribution in [0.4, 0.5) is 5.82 Å². The molecule has 104 valence electrons. The number of anilines is 1. The first-order chi connectivity index (χ1) is 9.31. The molecule has 0 aromatic carbocycles. The van der Waals surface area contributed by atoms with Crippen LogP contribution in [0.5, 0.6) is 0 Å². The van der Waals surface area contributed by atoms with Gasteiger partial charge in [-0.05, 0) is 37.3 Å². The van der Waals surface area contributed by atoms with E-state index >= 15 is 0 Å². The van der Waals surface area contributed by atoms with Crippen LogP contribution >= 0.6 is 0 Å². The third-order valence-electron chi connectivity index (χ3n) is 3.38. The minimum Gasteiger partial charge on any atom is -0.381 e. The quantitative estimate of drug-likeness (QED) is 0.766. The predicted molar refractivity (Wildman–Crippen MR) is 74.3 cm³/mol. The second-order valence-electron chi connectivity index (χ2n) is 4.78. The number of carbonyl (C=O) groups is 1. The molecular formula is C14H21N3O2. The molecule has 0 spiro atoms. The Labute approximate surface area is 113 Å². The van der Waals surface area contributed by atoms with Crippen LogP contribution in [0, 0.1) is 5.92 Å². The van der Waals surface area contributed by atoms with Crippen LogP contribution in [0.3, 0.4) is 0 Å². The maximum Gasteiger partial charge on any atom is 0.254 e. The van der Waals surface area contributed by atoms with Gasteiger partial charge in [0.1, 0.15) is 5.82 Å². The Morgan fingerprint density at radius 1 is 1.58 bits per heavy atom. The lowest BCUT2D eigenvalue weighted by Crippen LogP contribution is -2.20. The van der Waals surface area contributed by atoms with Crippen molar-refractivity contribution in [2.45, 2.75) is 19.3 Å². The molecule has 0 aliphatic carbocycles. The Balaban J connectivity index is 1.80. The molecular weight excluding hydrogens is 242 g/mol. The van der Waals surface area contributed by atoms with Gasteiger partial charge in [0.05, 0.1) is 5.56 Å². The standard InChI is InChI=1S/C14H21N3O2/c1-15-14(18)12-5-3-8-17-13(12)16-7-2-4-11-6-9-19-10-11/h3,5,8,11H,2,4,6-7,9-10H2,1H3,(H,15,18)(H,16,17). The molecule has 1 unspecified atom stereocenters. The highest BCUT2D eigenvalue weighted by Gasteiger charge is 2.15. The zero-order chi connectivity index (χ0) is 13.5. The van der Waals surface area contributed by atoms with Crippen LogP contribution in [0.1, 0.15) is 29.6 Å². The maximum atomic E-state index is 11.7. The zero-order valence-corrected chi connectivity index (χ0v) is 11.3. The minimum absolute atomic E-state index is 0.111. The molecule has 1 aliphatic heterocycles. The van der Waals surface area contributed by atoms with Crippen molar-refractivity contribution < 1.29 is 9.53 Å². The smallest absolute Gasteiger partial charge is 0.254 e. The molecule has 0 bridgehead atoms. The monoisotopic (exact) mass is 263 g/mol. The van der Waals surface area contributed by atoms with Gasteiger partial charge in [-0.2, -0.15) is 0 Å². The van der Waals surface area contributed by atoms with Crippen molar-refractivity contribution in [3.05, 3.63) is 23.9 Å². The number of aromatic nitrogens is 1. The van der Waals surface area contributed by atoms with Crippen molar-refractivity contribution >= 4 is 11.7 Å². The summed E-state index contributed by atoms with van der Waals surface area (Å²) in [5.41, 5.74) is 0.592. The fraction of sp³-hybridized carbons (Fsp3) is 0.571. The summed E-state index contributed by atoms with van der Waals surface area (Å²) >= 11 is 0. The number of hydrogen-bond donors (Lipinski definition) is 2. The summed E-state index contributed by atoms with van der Waals surface area (Å²) in [6.07, 6.45) is 5.10. The zero-order valence-electron chi connectivity index (χ0n) is 11.3. The summed E-state index contributed by atoms with van der Waals surface area (Å²) in [5.74, 6) is 1.24. The van der Waals surface area contributed by atoms with Crippen molar-refractivity contribution in [2.75, 3.05) is 32.1 Å². The molecule has 5 nitrogen and oxygen atoms in total. The SMILES string of the molecule is CNC(=O)c1cccnc1NCCCC1CCOC1. The minimum atomic E-state index is -0.111. The second-order valence-corrected chi connectivity index (χ2v) is 4.78. The highest BCUT2D eigenvalue weighted by molar-refractivity contribution is 5.98. The molecule has 5 heteroatoms. The Bertz CT molecular complexity index is 417. The fourth-order valence-corrected chi connectivity index (χ4v) is 2.27. The van der Waals surface area contributed by atoms with Gasteiger partial charge in [0, 0.05) is 33.0 Å². The van der Waals surface area contributed by atoms with E-state index in [2.05, 4.69) is 15.6 Å². The summed E-state index contributed by atoms with van der Waals surface area (Å²) in [7, 11) is 1.62. The lowest BCUT2D eigenvalue weighted by atomic mass is 10.0. The van der Waals surface area contributed by atoms with E-state index in [1.165, 1.54) is 6.42 Å². The van der Waals surface area contributed by atoms with Gasteiger partial charge in [-0.25, -0.2) is 4.98 Å². The van der Waals surface area contributed by atoms with Crippen LogP contribution in [-0.4, -0.2) is 37.7 Å². The number of carbonyl (C=O) groups excluding carboxylic acids is 1. The number of amides is 1.